The normalized spacial score (nSPS) is 18.2. The maximum Gasteiger partial charge on any atom is 0.269 e. The van der Waals surface area contributed by atoms with Crippen molar-refractivity contribution in [1.82, 2.24) is 14.4 Å². The molecule has 0 spiro atoms. The first-order valence-electron chi connectivity index (χ1n) is 10.4. The summed E-state index contributed by atoms with van der Waals surface area (Å²) in [6.07, 6.45) is 3.78. The van der Waals surface area contributed by atoms with E-state index in [1.165, 1.54) is 12.1 Å². The Labute approximate surface area is 175 Å². The molecule has 1 atom stereocenters. The largest absolute Gasteiger partial charge is 0.348 e. The average molecular weight is 410 g/mol. The summed E-state index contributed by atoms with van der Waals surface area (Å²) in [7, 11) is 0. The fourth-order valence-corrected chi connectivity index (χ4v) is 4.10. The molecule has 1 fully saturated rings. The Kier molecular flexibility index (Phi) is 5.32. The number of nitro groups is 1. The van der Waals surface area contributed by atoms with Crippen LogP contribution in [0.4, 0.5) is 5.69 Å². The predicted molar refractivity (Wildman–Crippen MR) is 111 cm³/mol. The maximum absolute atomic E-state index is 13.4. The first-order valence-corrected chi connectivity index (χ1v) is 10.4. The van der Waals surface area contributed by atoms with Crippen LogP contribution >= 0.6 is 0 Å². The number of fused-ring (bicyclic) bond motifs is 1. The van der Waals surface area contributed by atoms with E-state index in [0.717, 1.165) is 24.1 Å². The zero-order valence-corrected chi connectivity index (χ0v) is 17.2. The van der Waals surface area contributed by atoms with Gasteiger partial charge in [0.1, 0.15) is 6.54 Å². The van der Waals surface area contributed by atoms with Crippen LogP contribution in [0, 0.1) is 16.0 Å². The van der Waals surface area contributed by atoms with E-state index < -0.39 is 4.92 Å². The van der Waals surface area contributed by atoms with Crippen molar-refractivity contribution < 1.29 is 14.5 Å². The molecule has 158 valence electrons. The summed E-state index contributed by atoms with van der Waals surface area (Å²) >= 11 is 0. The average Bonchev–Trinajstić information content (AvgIpc) is 3.47. The van der Waals surface area contributed by atoms with Crippen molar-refractivity contribution in [3.63, 3.8) is 0 Å². The molecule has 1 aromatic heterocycles. The van der Waals surface area contributed by atoms with Gasteiger partial charge in [0.25, 0.3) is 5.69 Å². The number of hydrogen-bond acceptors (Lipinski definition) is 4. The van der Waals surface area contributed by atoms with E-state index in [1.54, 1.807) is 21.9 Å². The van der Waals surface area contributed by atoms with Crippen LogP contribution in [0.5, 0.6) is 0 Å². The van der Waals surface area contributed by atoms with Gasteiger partial charge in [-0.2, -0.15) is 0 Å². The Hall–Kier alpha value is -3.16. The van der Waals surface area contributed by atoms with Crippen LogP contribution in [0.2, 0.25) is 0 Å². The Morgan fingerprint density at radius 3 is 2.47 bits per heavy atom. The van der Waals surface area contributed by atoms with Crippen molar-refractivity contribution in [3.8, 4) is 0 Å². The third-order valence-electron chi connectivity index (χ3n) is 5.92. The highest BCUT2D eigenvalue weighted by molar-refractivity contribution is 5.87. The number of carbonyl (C=O) groups is 2. The van der Waals surface area contributed by atoms with Crippen LogP contribution in [-0.2, 0) is 16.1 Å². The van der Waals surface area contributed by atoms with Crippen molar-refractivity contribution in [1.29, 1.82) is 0 Å². The summed E-state index contributed by atoms with van der Waals surface area (Å²) in [6, 6.07) is 9.89. The number of nitro benzene ring substituents is 1. The van der Waals surface area contributed by atoms with Gasteiger partial charge in [0, 0.05) is 49.1 Å². The van der Waals surface area contributed by atoms with Gasteiger partial charge >= 0.3 is 0 Å². The lowest BCUT2D eigenvalue weighted by Gasteiger charge is -2.39. The molecule has 8 heteroatoms. The van der Waals surface area contributed by atoms with E-state index in [1.807, 2.05) is 32.2 Å². The SMILES string of the molecule is CC(C)N(CC(=O)N1CCn2cccc2[C@@H]1c1ccc([N+](=O)[O-])cc1)C(=O)C1CC1. The molecule has 4 rings (SSSR count). The Bertz CT molecular complexity index is 962. The van der Waals surface area contributed by atoms with Gasteiger partial charge in [0.05, 0.1) is 11.0 Å². The van der Waals surface area contributed by atoms with Gasteiger partial charge in [0.15, 0.2) is 0 Å². The lowest BCUT2D eigenvalue weighted by atomic mass is 9.99. The quantitative estimate of drug-likeness (QED) is 0.541. The van der Waals surface area contributed by atoms with Gasteiger partial charge < -0.3 is 14.4 Å². The first kappa shape index (κ1) is 20.1. The van der Waals surface area contributed by atoms with Crippen molar-refractivity contribution >= 4 is 17.5 Å². The molecule has 30 heavy (non-hydrogen) atoms. The second kappa shape index (κ2) is 7.93. The molecule has 0 N–H and O–H groups in total. The third-order valence-corrected chi connectivity index (χ3v) is 5.92. The van der Waals surface area contributed by atoms with Crippen molar-refractivity contribution in [2.45, 2.75) is 45.3 Å². The molecule has 0 radical (unpaired) electrons. The molecule has 2 aliphatic rings. The number of carbonyl (C=O) groups excluding carboxylic acids is 2. The fourth-order valence-electron chi connectivity index (χ4n) is 4.10. The summed E-state index contributed by atoms with van der Waals surface area (Å²) in [5.41, 5.74) is 1.80. The van der Waals surface area contributed by atoms with E-state index in [0.29, 0.717) is 13.1 Å². The molecule has 1 aliphatic carbocycles. The molecule has 0 bridgehead atoms. The number of benzene rings is 1. The Balaban J connectivity index is 1.62. The predicted octanol–water partition coefficient (Wildman–Crippen LogP) is 2.97. The molecule has 2 aromatic rings. The monoisotopic (exact) mass is 410 g/mol. The smallest absolute Gasteiger partial charge is 0.269 e. The van der Waals surface area contributed by atoms with E-state index in [9.17, 15) is 19.7 Å². The Morgan fingerprint density at radius 2 is 1.87 bits per heavy atom. The van der Waals surface area contributed by atoms with Gasteiger partial charge in [-0.15, -0.1) is 0 Å². The minimum atomic E-state index is -0.430. The summed E-state index contributed by atoms with van der Waals surface area (Å²) in [5.74, 6) is 0.0170. The van der Waals surface area contributed by atoms with Crippen molar-refractivity contribution in [3.05, 3.63) is 64.0 Å². The van der Waals surface area contributed by atoms with Gasteiger partial charge in [-0.05, 0) is 56.5 Å². The first-order chi connectivity index (χ1) is 14.4. The molecule has 8 nitrogen and oxygen atoms in total. The number of amides is 2. The minimum Gasteiger partial charge on any atom is -0.348 e. The second-order valence-electron chi connectivity index (χ2n) is 8.30. The minimum absolute atomic E-state index is 0.0174. The fraction of sp³-hybridized carbons (Fsp3) is 0.455. The highest BCUT2D eigenvalue weighted by Gasteiger charge is 2.38. The van der Waals surface area contributed by atoms with Crippen LogP contribution in [-0.4, -0.2) is 50.2 Å². The van der Waals surface area contributed by atoms with Gasteiger partial charge in [-0.1, -0.05) is 0 Å². The van der Waals surface area contributed by atoms with Gasteiger partial charge in [-0.25, -0.2) is 0 Å². The number of non-ortho nitro benzene ring substituents is 1. The summed E-state index contributed by atoms with van der Waals surface area (Å²) in [4.78, 5) is 40.1. The topological polar surface area (TPSA) is 88.7 Å². The molecular formula is C22H26N4O4. The number of hydrogen-bond donors (Lipinski definition) is 0. The lowest BCUT2D eigenvalue weighted by Crippen LogP contribution is -2.49. The van der Waals surface area contributed by atoms with Crippen LogP contribution in [0.15, 0.2) is 42.6 Å². The summed E-state index contributed by atoms with van der Waals surface area (Å²) < 4.78 is 2.10. The standard InChI is InChI=1S/C22H26N4O4/c1-15(2)25(22(28)17-5-6-17)14-20(27)24-13-12-23-11-3-4-19(23)21(24)16-7-9-18(10-8-16)26(29)30/h3-4,7-11,15,17,21H,5-6,12-14H2,1-2H3/t21-/m0/s1. The highest BCUT2D eigenvalue weighted by atomic mass is 16.6. The van der Waals surface area contributed by atoms with E-state index in [-0.39, 0.29) is 42.0 Å². The molecule has 2 amide bonds. The van der Waals surface area contributed by atoms with Crippen molar-refractivity contribution in [2.75, 3.05) is 13.1 Å². The summed E-state index contributed by atoms with van der Waals surface area (Å²) in [6.45, 7) is 5.12. The molecule has 1 aliphatic heterocycles. The molecule has 0 saturated heterocycles. The van der Waals surface area contributed by atoms with Crippen LogP contribution in [0.25, 0.3) is 0 Å². The Morgan fingerprint density at radius 1 is 1.17 bits per heavy atom. The molecule has 2 heterocycles. The third kappa shape index (κ3) is 3.81. The molecular weight excluding hydrogens is 384 g/mol. The van der Waals surface area contributed by atoms with E-state index in [2.05, 4.69) is 4.57 Å². The summed E-state index contributed by atoms with van der Waals surface area (Å²) in [5, 5.41) is 11.0. The van der Waals surface area contributed by atoms with Gasteiger partial charge in [-0.3, -0.25) is 19.7 Å². The van der Waals surface area contributed by atoms with E-state index in [4.69, 9.17) is 0 Å². The molecule has 1 aromatic carbocycles. The van der Waals surface area contributed by atoms with Crippen molar-refractivity contribution in [2.24, 2.45) is 5.92 Å². The maximum atomic E-state index is 13.4. The van der Waals surface area contributed by atoms with Crippen LogP contribution in [0.3, 0.4) is 0 Å². The second-order valence-corrected chi connectivity index (χ2v) is 8.30. The highest BCUT2D eigenvalue weighted by Crippen LogP contribution is 2.34. The molecule has 1 saturated carbocycles. The van der Waals surface area contributed by atoms with Gasteiger partial charge in [0.2, 0.25) is 11.8 Å². The zero-order chi connectivity index (χ0) is 21.4. The van der Waals surface area contributed by atoms with Crippen LogP contribution in [0.1, 0.15) is 44.0 Å². The zero-order valence-electron chi connectivity index (χ0n) is 17.2. The number of rotatable bonds is 6. The van der Waals surface area contributed by atoms with E-state index >= 15 is 0 Å². The number of aromatic nitrogens is 1. The number of nitrogens with zero attached hydrogens (tertiary/aromatic N) is 4. The van der Waals surface area contributed by atoms with Crippen LogP contribution < -0.4 is 0 Å². The lowest BCUT2D eigenvalue weighted by molar-refractivity contribution is -0.384. The molecule has 0 unspecified atom stereocenters.